The van der Waals surface area contributed by atoms with Gasteiger partial charge in [-0.15, -0.1) is 0 Å². The van der Waals surface area contributed by atoms with Crippen LogP contribution in [0.5, 0.6) is 0 Å². The maximum Gasteiger partial charge on any atom is 0.126 e. The highest BCUT2D eigenvalue weighted by Gasteiger charge is 2.12. The molecule has 1 unspecified atom stereocenters. The van der Waals surface area contributed by atoms with Gasteiger partial charge >= 0.3 is 0 Å². The molecule has 0 heterocycles. The average molecular weight is 322 g/mol. The van der Waals surface area contributed by atoms with Gasteiger partial charge in [0, 0.05) is 4.47 Å². The Kier molecular flexibility index (Phi) is 5.11. The van der Waals surface area contributed by atoms with Crippen LogP contribution in [0.2, 0.25) is 0 Å². The van der Waals surface area contributed by atoms with Crippen molar-refractivity contribution in [1.82, 2.24) is 0 Å². The Morgan fingerprint density at radius 1 is 0.947 bits per heavy atom. The summed E-state index contributed by atoms with van der Waals surface area (Å²) in [7, 11) is 0. The van der Waals surface area contributed by atoms with Gasteiger partial charge in [-0.05, 0) is 48.6 Å². The second-order valence-corrected chi connectivity index (χ2v) is 5.55. The third kappa shape index (κ3) is 3.88. The minimum atomic E-state index is -0.145. The molecule has 0 aliphatic heterocycles. The molecular formula is C16H17BrFN. The van der Waals surface area contributed by atoms with Gasteiger partial charge in [0.25, 0.3) is 0 Å². The van der Waals surface area contributed by atoms with Gasteiger partial charge < -0.3 is 5.73 Å². The Bertz CT molecular complexity index is 494. The van der Waals surface area contributed by atoms with E-state index in [4.69, 9.17) is 5.73 Å². The first-order valence-electron chi connectivity index (χ1n) is 6.37. The molecule has 0 amide bonds. The largest absolute Gasteiger partial charge is 0.330 e. The van der Waals surface area contributed by atoms with Crippen molar-refractivity contribution in [3.63, 3.8) is 0 Å². The zero-order valence-corrected chi connectivity index (χ0v) is 12.2. The van der Waals surface area contributed by atoms with Crippen LogP contribution in [0, 0.1) is 11.7 Å². The van der Waals surface area contributed by atoms with Crippen LogP contribution in [-0.4, -0.2) is 6.54 Å². The molecule has 2 N–H and O–H groups in total. The number of rotatable bonds is 5. The summed E-state index contributed by atoms with van der Waals surface area (Å²) in [5.74, 6) is 0.101. The molecule has 2 aromatic carbocycles. The van der Waals surface area contributed by atoms with Gasteiger partial charge in [0.1, 0.15) is 5.82 Å². The molecule has 0 bridgehead atoms. The fourth-order valence-corrected chi connectivity index (χ4v) is 2.64. The molecule has 0 spiro atoms. The van der Waals surface area contributed by atoms with Crippen LogP contribution in [0.3, 0.4) is 0 Å². The number of nitrogens with two attached hydrogens (primary N) is 1. The molecule has 1 nitrogen and oxygen atoms in total. The van der Waals surface area contributed by atoms with Gasteiger partial charge in [0.05, 0.1) is 0 Å². The molecule has 19 heavy (non-hydrogen) atoms. The fraction of sp³-hybridized carbons (Fsp3) is 0.250. The van der Waals surface area contributed by atoms with Gasteiger partial charge in [0.15, 0.2) is 0 Å². The topological polar surface area (TPSA) is 26.0 Å². The standard InChI is InChI=1S/C16H17BrFN/c17-15-7-3-1-5-13(15)9-12(11-19)10-14-6-2-4-8-16(14)18/h1-8,12H,9-11,19H2. The van der Waals surface area contributed by atoms with Crippen LogP contribution in [0.1, 0.15) is 11.1 Å². The van der Waals surface area contributed by atoms with Crippen molar-refractivity contribution in [3.05, 3.63) is 69.9 Å². The molecular weight excluding hydrogens is 305 g/mol. The lowest BCUT2D eigenvalue weighted by Gasteiger charge is -2.16. The van der Waals surface area contributed by atoms with Crippen LogP contribution >= 0.6 is 15.9 Å². The van der Waals surface area contributed by atoms with Crippen molar-refractivity contribution in [1.29, 1.82) is 0 Å². The van der Waals surface area contributed by atoms with Gasteiger partial charge in [0.2, 0.25) is 0 Å². The van der Waals surface area contributed by atoms with Crippen LogP contribution in [0.4, 0.5) is 4.39 Å². The first-order chi connectivity index (χ1) is 9.20. The Balaban J connectivity index is 2.09. The van der Waals surface area contributed by atoms with E-state index < -0.39 is 0 Å². The Morgan fingerprint density at radius 2 is 1.53 bits per heavy atom. The van der Waals surface area contributed by atoms with E-state index in [2.05, 4.69) is 22.0 Å². The van der Waals surface area contributed by atoms with Gasteiger partial charge in [-0.1, -0.05) is 52.3 Å². The number of benzene rings is 2. The maximum atomic E-state index is 13.7. The van der Waals surface area contributed by atoms with E-state index in [0.717, 1.165) is 16.5 Å². The van der Waals surface area contributed by atoms with Gasteiger partial charge in [-0.2, -0.15) is 0 Å². The van der Waals surface area contributed by atoms with Crippen LogP contribution in [0.25, 0.3) is 0 Å². The summed E-state index contributed by atoms with van der Waals surface area (Å²) in [5, 5.41) is 0. The summed E-state index contributed by atoms with van der Waals surface area (Å²) < 4.78 is 14.7. The monoisotopic (exact) mass is 321 g/mol. The molecule has 1 atom stereocenters. The number of hydrogen-bond acceptors (Lipinski definition) is 1. The molecule has 0 aromatic heterocycles. The summed E-state index contributed by atoms with van der Waals surface area (Å²) in [4.78, 5) is 0. The molecule has 100 valence electrons. The van der Waals surface area contributed by atoms with Crippen molar-refractivity contribution < 1.29 is 4.39 Å². The van der Waals surface area contributed by atoms with Crippen LogP contribution < -0.4 is 5.73 Å². The SMILES string of the molecule is NCC(Cc1ccccc1F)Cc1ccccc1Br. The third-order valence-corrected chi connectivity index (χ3v) is 4.04. The zero-order chi connectivity index (χ0) is 13.7. The summed E-state index contributed by atoms with van der Waals surface area (Å²) in [5.41, 5.74) is 7.79. The molecule has 0 saturated heterocycles. The van der Waals surface area contributed by atoms with Crippen molar-refractivity contribution in [2.45, 2.75) is 12.8 Å². The molecule has 0 aliphatic rings. The second kappa shape index (κ2) is 6.83. The van der Waals surface area contributed by atoms with Crippen LogP contribution in [-0.2, 0) is 12.8 Å². The van der Waals surface area contributed by atoms with E-state index in [1.165, 1.54) is 11.6 Å². The van der Waals surface area contributed by atoms with Crippen molar-refractivity contribution in [3.8, 4) is 0 Å². The van der Waals surface area contributed by atoms with Crippen molar-refractivity contribution >= 4 is 15.9 Å². The highest BCUT2D eigenvalue weighted by molar-refractivity contribution is 9.10. The lowest BCUT2D eigenvalue weighted by molar-refractivity contribution is 0.511. The summed E-state index contributed by atoms with van der Waals surface area (Å²) >= 11 is 3.54. The first-order valence-corrected chi connectivity index (χ1v) is 7.17. The summed E-state index contributed by atoms with van der Waals surface area (Å²) in [6.45, 7) is 0.551. The average Bonchev–Trinajstić information content (AvgIpc) is 2.42. The molecule has 0 radical (unpaired) electrons. The first kappa shape index (κ1) is 14.2. The molecule has 3 heteroatoms. The fourth-order valence-electron chi connectivity index (χ4n) is 2.19. The van der Waals surface area contributed by atoms with E-state index in [0.29, 0.717) is 13.0 Å². The second-order valence-electron chi connectivity index (χ2n) is 4.69. The lowest BCUT2D eigenvalue weighted by atomic mass is 9.92. The zero-order valence-electron chi connectivity index (χ0n) is 10.7. The maximum absolute atomic E-state index is 13.7. The molecule has 0 aliphatic carbocycles. The molecule has 2 rings (SSSR count). The van der Waals surface area contributed by atoms with Crippen molar-refractivity contribution in [2.75, 3.05) is 6.54 Å². The minimum absolute atomic E-state index is 0.145. The molecule has 2 aromatic rings. The van der Waals surface area contributed by atoms with E-state index in [-0.39, 0.29) is 11.7 Å². The third-order valence-electron chi connectivity index (χ3n) is 3.27. The van der Waals surface area contributed by atoms with E-state index >= 15 is 0 Å². The van der Waals surface area contributed by atoms with E-state index in [9.17, 15) is 4.39 Å². The van der Waals surface area contributed by atoms with E-state index in [1.807, 2.05) is 30.3 Å². The quantitative estimate of drug-likeness (QED) is 0.886. The number of halogens is 2. The van der Waals surface area contributed by atoms with Crippen molar-refractivity contribution in [2.24, 2.45) is 11.7 Å². The van der Waals surface area contributed by atoms with Gasteiger partial charge in [-0.3, -0.25) is 0 Å². The van der Waals surface area contributed by atoms with Gasteiger partial charge in [-0.25, -0.2) is 4.39 Å². The Labute approximate surface area is 121 Å². The Hall–Kier alpha value is -1.19. The highest BCUT2D eigenvalue weighted by atomic mass is 79.9. The summed E-state index contributed by atoms with van der Waals surface area (Å²) in [6.07, 6.45) is 1.52. The normalized spacial score (nSPS) is 12.4. The predicted molar refractivity (Wildman–Crippen MR) is 80.5 cm³/mol. The molecule has 0 saturated carbocycles. The summed E-state index contributed by atoms with van der Waals surface area (Å²) in [6, 6.07) is 15.0. The Morgan fingerprint density at radius 3 is 2.16 bits per heavy atom. The smallest absolute Gasteiger partial charge is 0.126 e. The lowest BCUT2D eigenvalue weighted by Crippen LogP contribution is -2.20. The minimum Gasteiger partial charge on any atom is -0.330 e. The number of hydrogen-bond donors (Lipinski definition) is 1. The highest BCUT2D eigenvalue weighted by Crippen LogP contribution is 2.22. The van der Waals surface area contributed by atoms with E-state index in [1.54, 1.807) is 6.07 Å². The predicted octanol–water partition coefficient (Wildman–Crippen LogP) is 3.95. The van der Waals surface area contributed by atoms with Crippen LogP contribution in [0.15, 0.2) is 53.0 Å². The molecule has 0 fully saturated rings.